The van der Waals surface area contributed by atoms with Crippen LogP contribution in [0.4, 0.5) is 0 Å². The molecular formula is C14H22N2O. The Morgan fingerprint density at radius 2 is 2.12 bits per heavy atom. The van der Waals surface area contributed by atoms with E-state index in [2.05, 4.69) is 38.2 Å². The minimum absolute atomic E-state index is 0.0346. The molecule has 0 saturated heterocycles. The van der Waals surface area contributed by atoms with Crippen LogP contribution in [0.2, 0.25) is 0 Å². The number of hydrogen-bond acceptors (Lipinski definition) is 2. The van der Waals surface area contributed by atoms with Crippen LogP contribution < -0.4 is 11.1 Å². The summed E-state index contributed by atoms with van der Waals surface area (Å²) >= 11 is 0. The van der Waals surface area contributed by atoms with Crippen LogP contribution in [-0.4, -0.2) is 12.5 Å². The van der Waals surface area contributed by atoms with Gasteiger partial charge in [0.1, 0.15) is 0 Å². The van der Waals surface area contributed by atoms with Crippen LogP contribution in [0, 0.1) is 13.8 Å². The van der Waals surface area contributed by atoms with Crippen molar-refractivity contribution in [2.24, 2.45) is 5.73 Å². The van der Waals surface area contributed by atoms with Gasteiger partial charge in [-0.05, 0) is 43.5 Å². The highest BCUT2D eigenvalue weighted by Gasteiger charge is 2.15. The topological polar surface area (TPSA) is 55.1 Å². The summed E-state index contributed by atoms with van der Waals surface area (Å²) in [6.45, 7) is 7.18. The summed E-state index contributed by atoms with van der Waals surface area (Å²) in [7, 11) is 0. The normalized spacial score (nSPS) is 12.4. The minimum Gasteiger partial charge on any atom is -0.370 e. The lowest BCUT2D eigenvalue weighted by Gasteiger charge is -2.20. The third kappa shape index (κ3) is 3.86. The zero-order valence-electron chi connectivity index (χ0n) is 10.9. The Kier molecular flexibility index (Phi) is 5.16. The maximum absolute atomic E-state index is 11.1. The highest BCUT2D eigenvalue weighted by molar-refractivity contribution is 5.74. The van der Waals surface area contributed by atoms with Crippen molar-refractivity contribution in [3.63, 3.8) is 0 Å². The smallest absolute Gasteiger partial charge is 0.219 e. The molecule has 0 aliphatic carbocycles. The van der Waals surface area contributed by atoms with E-state index >= 15 is 0 Å². The van der Waals surface area contributed by atoms with Crippen LogP contribution in [0.3, 0.4) is 0 Å². The molecule has 0 aromatic heterocycles. The maximum Gasteiger partial charge on any atom is 0.219 e. The zero-order chi connectivity index (χ0) is 12.8. The van der Waals surface area contributed by atoms with Crippen LogP contribution in [0.15, 0.2) is 18.2 Å². The molecule has 1 rings (SSSR count). The van der Waals surface area contributed by atoms with Gasteiger partial charge in [-0.25, -0.2) is 0 Å². The summed E-state index contributed by atoms with van der Waals surface area (Å²) in [5.74, 6) is -0.264. The fourth-order valence-electron chi connectivity index (χ4n) is 1.96. The molecular weight excluding hydrogens is 212 g/mol. The highest BCUT2D eigenvalue weighted by Crippen LogP contribution is 2.22. The third-order valence-corrected chi connectivity index (χ3v) is 3.07. The first-order chi connectivity index (χ1) is 8.06. The van der Waals surface area contributed by atoms with Gasteiger partial charge in [-0.15, -0.1) is 0 Å². The number of primary amides is 1. The zero-order valence-corrected chi connectivity index (χ0v) is 10.9. The third-order valence-electron chi connectivity index (χ3n) is 3.07. The van der Waals surface area contributed by atoms with Gasteiger partial charge in [-0.2, -0.15) is 0 Å². The van der Waals surface area contributed by atoms with Gasteiger partial charge in [0.15, 0.2) is 0 Å². The van der Waals surface area contributed by atoms with Gasteiger partial charge < -0.3 is 11.1 Å². The summed E-state index contributed by atoms with van der Waals surface area (Å²) in [6.07, 6.45) is 1.39. The molecule has 0 saturated carbocycles. The first-order valence-electron chi connectivity index (χ1n) is 6.14. The number of hydrogen-bond donors (Lipinski definition) is 2. The van der Waals surface area contributed by atoms with E-state index in [1.54, 1.807) is 0 Å². The van der Waals surface area contributed by atoms with E-state index in [1.165, 1.54) is 16.7 Å². The summed E-state index contributed by atoms with van der Waals surface area (Å²) in [5, 5.41) is 3.38. The molecule has 1 atom stereocenters. The predicted octanol–water partition coefficient (Wildman–Crippen LogP) is 2.22. The van der Waals surface area contributed by atoms with E-state index in [0.717, 1.165) is 13.0 Å². The fraction of sp³-hybridized carbons (Fsp3) is 0.500. The Bertz CT molecular complexity index is 388. The van der Waals surface area contributed by atoms with E-state index in [1.807, 2.05) is 6.07 Å². The number of carbonyl (C=O) groups is 1. The molecule has 0 fully saturated rings. The second-order valence-corrected chi connectivity index (χ2v) is 4.47. The van der Waals surface area contributed by atoms with Gasteiger partial charge in [-0.1, -0.05) is 25.1 Å². The van der Waals surface area contributed by atoms with E-state index < -0.39 is 0 Å². The fourth-order valence-corrected chi connectivity index (χ4v) is 1.96. The molecule has 0 radical (unpaired) electrons. The number of nitrogens with two attached hydrogens (primary N) is 1. The van der Waals surface area contributed by atoms with Crippen molar-refractivity contribution >= 4 is 5.91 Å². The predicted molar refractivity (Wildman–Crippen MR) is 70.8 cm³/mol. The summed E-state index contributed by atoms with van der Waals surface area (Å²) < 4.78 is 0. The van der Waals surface area contributed by atoms with Gasteiger partial charge in [0.2, 0.25) is 5.91 Å². The summed E-state index contributed by atoms with van der Waals surface area (Å²) in [6, 6.07) is 6.21. The SMILES string of the molecule is CCCNC(CC(N)=O)c1cccc(C)c1C. The van der Waals surface area contributed by atoms with Gasteiger partial charge in [0.05, 0.1) is 0 Å². The van der Waals surface area contributed by atoms with Crippen molar-refractivity contribution in [3.8, 4) is 0 Å². The average molecular weight is 234 g/mol. The Labute approximate surface area is 103 Å². The minimum atomic E-state index is -0.264. The van der Waals surface area contributed by atoms with Gasteiger partial charge in [0.25, 0.3) is 0 Å². The number of aryl methyl sites for hydroxylation is 1. The lowest BCUT2D eigenvalue weighted by Crippen LogP contribution is -2.28. The lowest BCUT2D eigenvalue weighted by molar-refractivity contribution is -0.118. The molecule has 3 heteroatoms. The first kappa shape index (κ1) is 13.7. The van der Waals surface area contributed by atoms with Crippen LogP contribution in [0.1, 0.15) is 42.5 Å². The number of nitrogens with one attached hydrogen (secondary N) is 1. The standard InChI is InChI=1S/C14H22N2O/c1-4-8-16-13(9-14(15)17)12-7-5-6-10(2)11(12)3/h5-7,13,16H,4,8-9H2,1-3H3,(H2,15,17). The first-order valence-corrected chi connectivity index (χ1v) is 6.14. The van der Waals surface area contributed by atoms with E-state index in [0.29, 0.717) is 6.42 Å². The molecule has 3 N–H and O–H groups in total. The summed E-state index contributed by atoms with van der Waals surface area (Å²) in [4.78, 5) is 11.1. The number of amides is 1. The molecule has 0 heterocycles. The Balaban J connectivity index is 2.94. The lowest BCUT2D eigenvalue weighted by atomic mass is 9.95. The molecule has 94 valence electrons. The molecule has 17 heavy (non-hydrogen) atoms. The molecule has 1 aromatic carbocycles. The van der Waals surface area contributed by atoms with Gasteiger partial charge in [0, 0.05) is 12.5 Å². The van der Waals surface area contributed by atoms with Crippen LogP contribution >= 0.6 is 0 Å². The summed E-state index contributed by atoms with van der Waals surface area (Å²) in [5.41, 5.74) is 8.97. The van der Waals surface area contributed by atoms with Crippen molar-refractivity contribution in [1.82, 2.24) is 5.32 Å². The number of carbonyl (C=O) groups excluding carboxylic acids is 1. The van der Waals surface area contributed by atoms with Crippen LogP contribution in [0.5, 0.6) is 0 Å². The van der Waals surface area contributed by atoms with Gasteiger partial charge in [-0.3, -0.25) is 4.79 Å². The highest BCUT2D eigenvalue weighted by atomic mass is 16.1. The van der Waals surface area contributed by atoms with Crippen molar-refractivity contribution in [1.29, 1.82) is 0 Å². The molecule has 1 unspecified atom stereocenters. The molecule has 0 aliphatic heterocycles. The Morgan fingerprint density at radius 3 is 2.71 bits per heavy atom. The van der Waals surface area contributed by atoms with E-state index in [9.17, 15) is 4.79 Å². The van der Waals surface area contributed by atoms with Crippen LogP contribution in [0.25, 0.3) is 0 Å². The molecule has 1 aromatic rings. The van der Waals surface area contributed by atoms with Gasteiger partial charge >= 0.3 is 0 Å². The molecule has 1 amide bonds. The molecule has 0 aliphatic rings. The van der Waals surface area contributed by atoms with Crippen molar-refractivity contribution < 1.29 is 4.79 Å². The average Bonchev–Trinajstić information content (AvgIpc) is 2.28. The van der Waals surface area contributed by atoms with E-state index in [-0.39, 0.29) is 11.9 Å². The van der Waals surface area contributed by atoms with Crippen molar-refractivity contribution in [2.75, 3.05) is 6.54 Å². The molecule has 0 bridgehead atoms. The number of benzene rings is 1. The van der Waals surface area contributed by atoms with Crippen molar-refractivity contribution in [3.05, 3.63) is 34.9 Å². The quantitative estimate of drug-likeness (QED) is 0.793. The largest absolute Gasteiger partial charge is 0.370 e. The van der Waals surface area contributed by atoms with Crippen molar-refractivity contribution in [2.45, 2.75) is 39.7 Å². The van der Waals surface area contributed by atoms with E-state index in [4.69, 9.17) is 5.73 Å². The molecule has 0 spiro atoms. The Morgan fingerprint density at radius 1 is 1.41 bits per heavy atom. The second-order valence-electron chi connectivity index (χ2n) is 4.47. The Hall–Kier alpha value is -1.35. The number of rotatable bonds is 6. The van der Waals surface area contributed by atoms with Crippen LogP contribution in [-0.2, 0) is 4.79 Å². The molecule has 3 nitrogen and oxygen atoms in total. The second kappa shape index (κ2) is 6.40. The maximum atomic E-state index is 11.1. The monoisotopic (exact) mass is 234 g/mol.